The molecule has 1 aromatic heterocycles. The van der Waals surface area contributed by atoms with Gasteiger partial charge in [0.05, 0.1) is 0 Å². The third kappa shape index (κ3) is 2.85. The molecule has 0 bridgehead atoms. The van der Waals surface area contributed by atoms with E-state index in [1.165, 1.54) is 20.6 Å². The molecule has 1 aliphatic rings. The molecule has 0 unspecified atom stereocenters. The summed E-state index contributed by atoms with van der Waals surface area (Å²) in [4.78, 5) is 4.43. The van der Waals surface area contributed by atoms with Gasteiger partial charge in [-0.2, -0.15) is 0 Å². The number of aromatic nitrogens is 1. The first-order valence-electron chi connectivity index (χ1n) is 8.81. The predicted octanol–water partition coefficient (Wildman–Crippen LogP) is 5.46. The maximum atomic E-state index is 6.62. The molecule has 0 radical (unpaired) electrons. The summed E-state index contributed by atoms with van der Waals surface area (Å²) < 4.78 is 19.9. The fourth-order valence-corrected chi connectivity index (χ4v) is 8.48. The van der Waals surface area contributed by atoms with E-state index in [1.807, 2.05) is 30.3 Å². The van der Waals surface area contributed by atoms with Crippen LogP contribution in [0.4, 0.5) is 0 Å². The van der Waals surface area contributed by atoms with Crippen molar-refractivity contribution in [1.29, 1.82) is 0 Å². The van der Waals surface area contributed by atoms with E-state index < -0.39 is 17.8 Å². The molecule has 0 saturated carbocycles. The van der Waals surface area contributed by atoms with Gasteiger partial charge in [0, 0.05) is 0 Å². The molecule has 0 spiro atoms. The van der Waals surface area contributed by atoms with Crippen molar-refractivity contribution in [2.24, 2.45) is 5.41 Å². The van der Waals surface area contributed by atoms with Crippen LogP contribution in [-0.4, -0.2) is 19.2 Å². The number of rotatable bonds is 5. The number of fused-ring (bicyclic) bond motifs is 1. The number of para-hydroxylation sites is 1. The van der Waals surface area contributed by atoms with Gasteiger partial charge in [-0.1, -0.05) is 0 Å². The van der Waals surface area contributed by atoms with Crippen LogP contribution in [0.15, 0.2) is 57.1 Å². The monoisotopic (exact) mass is 389 g/mol. The number of hydrogen-bond donors (Lipinski definition) is 0. The molecule has 0 saturated heterocycles. The Bertz CT molecular complexity index is 905. The van der Waals surface area contributed by atoms with E-state index in [0.717, 1.165) is 16.7 Å². The van der Waals surface area contributed by atoms with Crippen molar-refractivity contribution < 1.29 is 27.7 Å². The summed E-state index contributed by atoms with van der Waals surface area (Å²) in [5.74, 6) is 0.762. The van der Waals surface area contributed by atoms with Gasteiger partial charge in [0.1, 0.15) is 0 Å². The number of nitrogens with zero attached hydrogens (tertiary/aromatic N) is 1. The third-order valence-electron chi connectivity index (χ3n) is 5.76. The van der Waals surface area contributed by atoms with Gasteiger partial charge >= 0.3 is 161 Å². The van der Waals surface area contributed by atoms with E-state index in [-0.39, 0.29) is 5.41 Å². The summed E-state index contributed by atoms with van der Waals surface area (Å²) in [6.45, 7) is 11.0. The van der Waals surface area contributed by atoms with Gasteiger partial charge in [-0.15, -0.1) is 0 Å². The van der Waals surface area contributed by atoms with Crippen molar-refractivity contribution in [2.75, 3.05) is 14.2 Å². The zero-order valence-corrected chi connectivity index (χ0v) is 18.2. The summed E-state index contributed by atoms with van der Waals surface area (Å²) in [5, 5.41) is 0.967. The SMILES string of the molecule is C[O][Ti]([O]C)([O]c1ccnc2ccccc12)[C]1=C(C)C(C)=C(C)C1(C)C. The molecule has 1 aromatic carbocycles. The minimum atomic E-state index is -3.78. The molecule has 0 aliphatic heterocycles. The summed E-state index contributed by atoms with van der Waals surface area (Å²) in [6, 6.07) is 9.86. The van der Waals surface area contributed by atoms with Crippen LogP contribution in [0.25, 0.3) is 10.9 Å². The van der Waals surface area contributed by atoms with Gasteiger partial charge < -0.3 is 0 Å². The fourth-order valence-electron chi connectivity index (χ4n) is 3.93. The molecule has 0 amide bonds. The van der Waals surface area contributed by atoms with Gasteiger partial charge in [-0.05, 0) is 0 Å². The minimum absolute atomic E-state index is 0.150. The molecule has 1 aliphatic carbocycles. The first kappa shape index (κ1) is 19.3. The van der Waals surface area contributed by atoms with Gasteiger partial charge in [-0.3, -0.25) is 0 Å². The van der Waals surface area contributed by atoms with Crippen LogP contribution < -0.4 is 3.32 Å². The van der Waals surface area contributed by atoms with Crippen LogP contribution in [0, 0.1) is 5.41 Å². The Morgan fingerprint density at radius 3 is 2.15 bits per heavy atom. The van der Waals surface area contributed by atoms with Gasteiger partial charge in [0.25, 0.3) is 0 Å². The zero-order valence-electron chi connectivity index (χ0n) is 16.6. The molecule has 0 atom stereocenters. The Morgan fingerprint density at radius 2 is 1.58 bits per heavy atom. The van der Waals surface area contributed by atoms with Crippen molar-refractivity contribution in [1.82, 2.24) is 4.98 Å². The van der Waals surface area contributed by atoms with E-state index in [9.17, 15) is 0 Å². The molecular weight excluding hydrogens is 362 g/mol. The van der Waals surface area contributed by atoms with E-state index in [1.54, 1.807) is 20.4 Å². The average molecular weight is 389 g/mol. The van der Waals surface area contributed by atoms with E-state index >= 15 is 0 Å². The first-order chi connectivity index (χ1) is 12.3. The second kappa shape index (κ2) is 6.93. The van der Waals surface area contributed by atoms with Gasteiger partial charge in [-0.25, -0.2) is 0 Å². The molecule has 0 N–H and O–H groups in total. The third-order valence-corrected chi connectivity index (χ3v) is 10.7. The molecule has 2 aromatic rings. The Balaban J connectivity index is 2.16. The van der Waals surface area contributed by atoms with Crippen LogP contribution >= 0.6 is 0 Å². The maximum absolute atomic E-state index is 6.62. The normalized spacial score (nSPS) is 17.3. The molecule has 5 heteroatoms. The van der Waals surface area contributed by atoms with E-state index in [0.29, 0.717) is 0 Å². The average Bonchev–Trinajstić information content (AvgIpc) is 2.80. The summed E-state index contributed by atoms with van der Waals surface area (Å²) >= 11 is -3.78. The van der Waals surface area contributed by atoms with Gasteiger partial charge in [0.2, 0.25) is 0 Å². The summed E-state index contributed by atoms with van der Waals surface area (Å²) in [7, 11) is 3.40. The summed E-state index contributed by atoms with van der Waals surface area (Å²) in [6.07, 6.45) is 1.77. The fraction of sp³-hybridized carbons (Fsp3) is 0.381. The number of hydrogen-bond acceptors (Lipinski definition) is 4. The second-order valence-corrected chi connectivity index (χ2v) is 11.4. The Kier molecular flexibility index (Phi) is 5.15. The predicted molar refractivity (Wildman–Crippen MR) is 101 cm³/mol. The number of pyridine rings is 1. The van der Waals surface area contributed by atoms with Crippen LogP contribution in [0.1, 0.15) is 34.6 Å². The van der Waals surface area contributed by atoms with E-state index in [2.05, 4.69) is 39.6 Å². The molecule has 1 heterocycles. The van der Waals surface area contributed by atoms with Crippen molar-refractivity contribution in [3.05, 3.63) is 57.1 Å². The van der Waals surface area contributed by atoms with E-state index in [4.69, 9.17) is 9.96 Å². The van der Waals surface area contributed by atoms with Gasteiger partial charge in [0.15, 0.2) is 0 Å². The Hall–Kier alpha value is -1.46. The van der Waals surface area contributed by atoms with Crippen molar-refractivity contribution in [3.8, 4) is 5.75 Å². The number of benzene rings is 1. The quantitative estimate of drug-likeness (QED) is 0.637. The molecule has 0 fully saturated rings. The second-order valence-electron chi connectivity index (χ2n) is 7.27. The first-order valence-corrected chi connectivity index (χ1v) is 11.5. The Morgan fingerprint density at radius 1 is 0.923 bits per heavy atom. The summed E-state index contributed by atoms with van der Waals surface area (Å²) in [5.41, 5.74) is 4.63. The van der Waals surface area contributed by atoms with Crippen LogP contribution in [-0.2, 0) is 24.4 Å². The zero-order chi connectivity index (χ0) is 19.1. The molecule has 4 nitrogen and oxygen atoms in total. The molecular formula is C21H27NO3Ti. The number of allylic oxidation sites excluding steroid dienone is 4. The van der Waals surface area contributed by atoms with Crippen molar-refractivity contribution in [3.63, 3.8) is 0 Å². The molecule has 3 rings (SSSR count). The van der Waals surface area contributed by atoms with Crippen LogP contribution in [0.3, 0.4) is 0 Å². The topological polar surface area (TPSA) is 40.6 Å². The molecule has 138 valence electrons. The van der Waals surface area contributed by atoms with Crippen LogP contribution in [0.2, 0.25) is 0 Å². The Labute approximate surface area is 160 Å². The van der Waals surface area contributed by atoms with Crippen molar-refractivity contribution >= 4 is 10.9 Å². The molecule has 26 heavy (non-hydrogen) atoms. The standard InChI is InChI=1S/C10H15.C9H7NO.2CH3O.Ti/c1-7-6-10(4,5)9(3)8(7)2;11-9-5-6-10-8-4-2-1-3-7(8)9;2*1-2;/h1-5H3;1-6H,(H,10,11);2*1H3;/q;;2*-1;+3/p-1. The van der Waals surface area contributed by atoms with Crippen molar-refractivity contribution in [2.45, 2.75) is 34.6 Å². The van der Waals surface area contributed by atoms with Crippen LogP contribution in [0.5, 0.6) is 5.75 Å².